The first-order valence-electron chi connectivity index (χ1n) is 6.68. The van der Waals surface area contributed by atoms with Gasteiger partial charge in [-0.05, 0) is 35.0 Å². The Bertz CT molecular complexity index is 853. The van der Waals surface area contributed by atoms with Gasteiger partial charge in [-0.1, -0.05) is 29.8 Å². The van der Waals surface area contributed by atoms with Crippen LogP contribution in [0.3, 0.4) is 0 Å². The molecule has 4 heteroatoms. The van der Waals surface area contributed by atoms with E-state index >= 15 is 0 Å². The Balaban J connectivity index is 1.78. The molecule has 1 aromatic heterocycles. The minimum Gasteiger partial charge on any atom is -0.484 e. The first-order chi connectivity index (χ1) is 10.2. The molecule has 0 aliphatic carbocycles. The number of ketones is 1. The van der Waals surface area contributed by atoms with Crippen LogP contribution in [-0.4, -0.2) is 5.78 Å². The zero-order valence-electron chi connectivity index (χ0n) is 11.0. The molecular weight excluding hydrogens is 304 g/mol. The third-order valence-electron chi connectivity index (χ3n) is 3.74. The van der Waals surface area contributed by atoms with Crippen LogP contribution < -0.4 is 4.74 Å². The standard InChI is InChI=1S/C17H11ClO2S/c18-10-5-6-15-12(7-10)14(19)8-16(20-15)13-9-21-17-4-2-1-3-11(13)17/h1-7,9,16H,8H2. The molecule has 0 N–H and O–H groups in total. The van der Waals surface area contributed by atoms with Crippen molar-refractivity contribution in [1.29, 1.82) is 0 Å². The van der Waals surface area contributed by atoms with Gasteiger partial charge in [0, 0.05) is 15.3 Å². The van der Waals surface area contributed by atoms with Crippen LogP contribution in [0.5, 0.6) is 5.75 Å². The van der Waals surface area contributed by atoms with Crippen LogP contribution in [-0.2, 0) is 0 Å². The van der Waals surface area contributed by atoms with E-state index in [1.807, 2.05) is 12.1 Å². The predicted molar refractivity (Wildman–Crippen MR) is 85.6 cm³/mol. The number of halogens is 1. The molecule has 0 bridgehead atoms. The van der Waals surface area contributed by atoms with Crippen molar-refractivity contribution >= 4 is 38.8 Å². The second kappa shape index (κ2) is 4.86. The maximum absolute atomic E-state index is 12.3. The van der Waals surface area contributed by atoms with Gasteiger partial charge in [0.25, 0.3) is 0 Å². The second-order valence-corrected chi connectivity index (χ2v) is 6.41. The molecule has 0 saturated heterocycles. The van der Waals surface area contributed by atoms with Crippen LogP contribution in [0, 0.1) is 0 Å². The fraction of sp³-hybridized carbons (Fsp3) is 0.118. The Morgan fingerprint density at radius 3 is 2.95 bits per heavy atom. The van der Waals surface area contributed by atoms with Crippen LogP contribution in [0.1, 0.15) is 28.4 Å². The number of Topliss-reactive ketones (excluding diaryl/α,β-unsaturated/α-hetero) is 1. The quantitative estimate of drug-likeness (QED) is 0.612. The Labute approximate surface area is 130 Å². The highest BCUT2D eigenvalue weighted by Crippen LogP contribution is 2.40. The molecule has 2 heterocycles. The van der Waals surface area contributed by atoms with Crippen LogP contribution in [0.4, 0.5) is 0 Å². The van der Waals surface area contributed by atoms with E-state index < -0.39 is 0 Å². The Morgan fingerprint density at radius 1 is 1.19 bits per heavy atom. The molecule has 2 aromatic carbocycles. The van der Waals surface area contributed by atoms with Gasteiger partial charge >= 0.3 is 0 Å². The lowest BCUT2D eigenvalue weighted by Gasteiger charge is -2.25. The summed E-state index contributed by atoms with van der Waals surface area (Å²) in [5.41, 5.74) is 1.67. The molecule has 1 unspecified atom stereocenters. The second-order valence-electron chi connectivity index (χ2n) is 5.06. The normalized spacial score (nSPS) is 17.6. The summed E-state index contributed by atoms with van der Waals surface area (Å²) in [5.74, 6) is 0.704. The van der Waals surface area contributed by atoms with Crippen molar-refractivity contribution < 1.29 is 9.53 Å². The summed E-state index contributed by atoms with van der Waals surface area (Å²) in [6, 6.07) is 13.4. The zero-order valence-corrected chi connectivity index (χ0v) is 12.6. The summed E-state index contributed by atoms with van der Waals surface area (Å²) >= 11 is 7.63. The van der Waals surface area contributed by atoms with Crippen LogP contribution >= 0.6 is 22.9 Å². The zero-order chi connectivity index (χ0) is 14.4. The molecule has 1 atom stereocenters. The molecule has 1 aliphatic heterocycles. The van der Waals surface area contributed by atoms with Gasteiger partial charge < -0.3 is 4.74 Å². The van der Waals surface area contributed by atoms with Crippen molar-refractivity contribution in [2.24, 2.45) is 0 Å². The predicted octanol–water partition coefficient (Wildman–Crippen LogP) is 5.26. The van der Waals surface area contributed by atoms with Crippen molar-refractivity contribution in [1.82, 2.24) is 0 Å². The summed E-state index contributed by atoms with van der Waals surface area (Å²) < 4.78 is 7.25. The molecule has 0 saturated carbocycles. The van der Waals surface area contributed by atoms with Gasteiger partial charge in [0.15, 0.2) is 5.78 Å². The maximum atomic E-state index is 12.3. The van der Waals surface area contributed by atoms with E-state index in [0.717, 1.165) is 10.9 Å². The molecule has 21 heavy (non-hydrogen) atoms. The van der Waals surface area contributed by atoms with Gasteiger partial charge in [0.2, 0.25) is 0 Å². The highest BCUT2D eigenvalue weighted by molar-refractivity contribution is 7.17. The highest BCUT2D eigenvalue weighted by atomic mass is 35.5. The number of ether oxygens (including phenoxy) is 1. The SMILES string of the molecule is O=C1CC(c2csc3ccccc23)Oc2ccc(Cl)cc21. The third kappa shape index (κ3) is 2.13. The molecule has 104 valence electrons. The van der Waals surface area contributed by atoms with Crippen molar-refractivity contribution in [2.45, 2.75) is 12.5 Å². The van der Waals surface area contributed by atoms with E-state index in [1.165, 1.54) is 4.70 Å². The molecule has 0 spiro atoms. The molecule has 3 aromatic rings. The molecule has 0 fully saturated rings. The number of benzene rings is 2. The number of fused-ring (bicyclic) bond motifs is 2. The number of carbonyl (C=O) groups is 1. The monoisotopic (exact) mass is 314 g/mol. The van der Waals surface area contributed by atoms with Crippen molar-refractivity contribution in [3.05, 3.63) is 64.0 Å². The van der Waals surface area contributed by atoms with E-state index in [-0.39, 0.29) is 11.9 Å². The van der Waals surface area contributed by atoms with E-state index in [4.69, 9.17) is 16.3 Å². The Hall–Kier alpha value is -1.84. The van der Waals surface area contributed by atoms with Gasteiger partial charge in [0.1, 0.15) is 11.9 Å². The van der Waals surface area contributed by atoms with Gasteiger partial charge in [-0.15, -0.1) is 11.3 Å². The number of hydrogen-bond acceptors (Lipinski definition) is 3. The van der Waals surface area contributed by atoms with Gasteiger partial charge in [-0.25, -0.2) is 0 Å². The number of hydrogen-bond donors (Lipinski definition) is 0. The molecular formula is C17H11ClO2S. The number of rotatable bonds is 1. The summed E-state index contributed by atoms with van der Waals surface area (Å²) in [4.78, 5) is 12.3. The van der Waals surface area contributed by atoms with E-state index in [0.29, 0.717) is 22.8 Å². The first-order valence-corrected chi connectivity index (χ1v) is 7.93. The Morgan fingerprint density at radius 2 is 2.05 bits per heavy atom. The largest absolute Gasteiger partial charge is 0.484 e. The maximum Gasteiger partial charge on any atom is 0.170 e. The highest BCUT2D eigenvalue weighted by Gasteiger charge is 2.29. The lowest BCUT2D eigenvalue weighted by atomic mass is 9.96. The minimum absolute atomic E-state index is 0.0824. The Kier molecular flexibility index (Phi) is 2.98. The van der Waals surface area contributed by atoms with E-state index in [2.05, 4.69) is 17.5 Å². The topological polar surface area (TPSA) is 26.3 Å². The van der Waals surface area contributed by atoms with Gasteiger partial charge in [-0.2, -0.15) is 0 Å². The number of carbonyl (C=O) groups excluding carboxylic acids is 1. The lowest BCUT2D eigenvalue weighted by Crippen LogP contribution is -2.20. The van der Waals surface area contributed by atoms with Crippen LogP contribution in [0.2, 0.25) is 5.02 Å². The smallest absolute Gasteiger partial charge is 0.170 e. The molecule has 1 aliphatic rings. The van der Waals surface area contributed by atoms with E-state index in [9.17, 15) is 4.79 Å². The fourth-order valence-corrected chi connectivity index (χ4v) is 3.89. The average molecular weight is 315 g/mol. The van der Waals surface area contributed by atoms with Crippen LogP contribution in [0.15, 0.2) is 47.8 Å². The van der Waals surface area contributed by atoms with E-state index in [1.54, 1.807) is 29.5 Å². The van der Waals surface area contributed by atoms with Crippen LogP contribution in [0.25, 0.3) is 10.1 Å². The molecule has 4 rings (SSSR count). The molecule has 0 radical (unpaired) electrons. The number of thiophene rings is 1. The van der Waals surface area contributed by atoms with Gasteiger partial charge in [0.05, 0.1) is 12.0 Å². The fourth-order valence-electron chi connectivity index (χ4n) is 2.72. The first kappa shape index (κ1) is 12.9. The minimum atomic E-state index is -0.220. The average Bonchev–Trinajstić information content (AvgIpc) is 2.92. The molecule has 2 nitrogen and oxygen atoms in total. The lowest BCUT2D eigenvalue weighted by molar-refractivity contribution is 0.0852. The summed E-state index contributed by atoms with van der Waals surface area (Å²) in [7, 11) is 0. The van der Waals surface area contributed by atoms with Crippen molar-refractivity contribution in [3.63, 3.8) is 0 Å². The van der Waals surface area contributed by atoms with Gasteiger partial charge in [-0.3, -0.25) is 4.79 Å². The van der Waals surface area contributed by atoms with Crippen molar-refractivity contribution in [2.75, 3.05) is 0 Å². The third-order valence-corrected chi connectivity index (χ3v) is 4.96. The van der Waals surface area contributed by atoms with Crippen molar-refractivity contribution in [3.8, 4) is 5.75 Å². The molecule has 0 amide bonds. The summed E-state index contributed by atoms with van der Waals surface area (Å²) in [5, 5.41) is 3.81. The summed E-state index contributed by atoms with van der Waals surface area (Å²) in [6.07, 6.45) is 0.135. The summed E-state index contributed by atoms with van der Waals surface area (Å²) in [6.45, 7) is 0.